The first-order valence-electron chi connectivity index (χ1n) is 5.15. The van der Waals surface area contributed by atoms with Crippen LogP contribution in [0.3, 0.4) is 0 Å². The van der Waals surface area contributed by atoms with Crippen LogP contribution in [0.25, 0.3) is 0 Å². The molecule has 1 aromatic heterocycles. The molecule has 0 aliphatic carbocycles. The smallest absolute Gasteiger partial charge is 0.123 e. The van der Waals surface area contributed by atoms with Gasteiger partial charge in [-0.15, -0.1) is 11.3 Å². The average Bonchev–Trinajstić information content (AvgIpc) is 2.67. The highest BCUT2D eigenvalue weighted by atomic mass is 32.1. The first kappa shape index (κ1) is 11.3. The molecule has 2 aromatic rings. The normalized spacial score (nSPS) is 12.8. The van der Waals surface area contributed by atoms with Crippen molar-refractivity contribution in [3.05, 3.63) is 57.0 Å². The van der Waals surface area contributed by atoms with Crippen LogP contribution < -0.4 is 5.73 Å². The lowest BCUT2D eigenvalue weighted by molar-refractivity contribution is 0.623. The number of nitrogens with two attached hydrogens (primary N) is 1. The highest BCUT2D eigenvalue weighted by Crippen LogP contribution is 2.29. The highest BCUT2D eigenvalue weighted by molar-refractivity contribution is 7.10. The second kappa shape index (κ2) is 4.36. The van der Waals surface area contributed by atoms with E-state index in [1.807, 2.05) is 25.3 Å². The van der Waals surface area contributed by atoms with E-state index in [1.54, 1.807) is 17.4 Å². The molecule has 0 radical (unpaired) electrons. The van der Waals surface area contributed by atoms with Gasteiger partial charge in [-0.3, -0.25) is 0 Å². The van der Waals surface area contributed by atoms with Crippen LogP contribution in [0.2, 0.25) is 0 Å². The Hall–Kier alpha value is -1.19. The van der Waals surface area contributed by atoms with Crippen molar-refractivity contribution in [2.45, 2.75) is 19.9 Å². The Balaban J connectivity index is 2.45. The molecular weight excluding hydrogens is 221 g/mol. The van der Waals surface area contributed by atoms with Crippen LogP contribution in [0.1, 0.15) is 27.6 Å². The Morgan fingerprint density at radius 1 is 1.19 bits per heavy atom. The summed E-state index contributed by atoms with van der Waals surface area (Å²) < 4.78 is 13.2. The maximum Gasteiger partial charge on any atom is 0.123 e. The molecule has 0 aliphatic heterocycles. The highest BCUT2D eigenvalue weighted by Gasteiger charge is 2.15. The number of halogens is 1. The van der Waals surface area contributed by atoms with Crippen molar-refractivity contribution in [3.63, 3.8) is 0 Å². The Morgan fingerprint density at radius 2 is 1.94 bits per heavy atom. The number of hydrogen-bond acceptors (Lipinski definition) is 2. The van der Waals surface area contributed by atoms with E-state index in [2.05, 4.69) is 0 Å². The molecule has 2 N–H and O–H groups in total. The fraction of sp³-hybridized carbons (Fsp3) is 0.231. The second-order valence-corrected chi connectivity index (χ2v) is 4.89. The summed E-state index contributed by atoms with van der Waals surface area (Å²) in [6.07, 6.45) is 0. The van der Waals surface area contributed by atoms with Crippen molar-refractivity contribution in [1.29, 1.82) is 0 Å². The van der Waals surface area contributed by atoms with Gasteiger partial charge in [-0.25, -0.2) is 4.39 Å². The fourth-order valence-corrected chi connectivity index (χ4v) is 2.74. The van der Waals surface area contributed by atoms with E-state index in [0.717, 1.165) is 16.0 Å². The van der Waals surface area contributed by atoms with Gasteiger partial charge in [0.1, 0.15) is 5.82 Å². The van der Waals surface area contributed by atoms with Crippen molar-refractivity contribution in [2.24, 2.45) is 5.73 Å². The Labute approximate surface area is 98.7 Å². The first-order valence-corrected chi connectivity index (χ1v) is 6.03. The molecule has 1 atom stereocenters. The summed E-state index contributed by atoms with van der Waals surface area (Å²) in [5.41, 5.74) is 9.24. The molecule has 16 heavy (non-hydrogen) atoms. The zero-order valence-corrected chi connectivity index (χ0v) is 10.1. The molecule has 0 bridgehead atoms. The number of rotatable bonds is 2. The molecule has 2 rings (SSSR count). The Kier molecular flexibility index (Phi) is 3.08. The van der Waals surface area contributed by atoms with Gasteiger partial charge >= 0.3 is 0 Å². The maximum atomic E-state index is 13.2. The summed E-state index contributed by atoms with van der Waals surface area (Å²) in [7, 11) is 0. The standard InChI is InChI=1S/C13H14FNS/c1-8-3-4-10(14)7-11(8)12(15)13-9(2)5-6-16-13/h3-7,12H,15H2,1-2H3. The summed E-state index contributed by atoms with van der Waals surface area (Å²) in [4.78, 5) is 1.11. The Bertz CT molecular complexity index is 504. The monoisotopic (exact) mass is 235 g/mol. The summed E-state index contributed by atoms with van der Waals surface area (Å²) in [5, 5.41) is 2.01. The van der Waals surface area contributed by atoms with E-state index in [1.165, 1.54) is 17.7 Å². The van der Waals surface area contributed by atoms with Crippen molar-refractivity contribution in [1.82, 2.24) is 0 Å². The largest absolute Gasteiger partial charge is 0.320 e. The maximum absolute atomic E-state index is 13.2. The van der Waals surface area contributed by atoms with Gasteiger partial charge in [0.15, 0.2) is 0 Å². The molecule has 0 amide bonds. The molecular formula is C13H14FNS. The van der Waals surface area contributed by atoms with Crippen LogP contribution in [0.15, 0.2) is 29.6 Å². The van der Waals surface area contributed by atoms with Crippen molar-refractivity contribution in [3.8, 4) is 0 Å². The zero-order chi connectivity index (χ0) is 11.7. The lowest BCUT2D eigenvalue weighted by atomic mass is 9.99. The molecule has 0 fully saturated rings. The molecule has 1 heterocycles. The topological polar surface area (TPSA) is 26.0 Å². The molecule has 1 unspecified atom stereocenters. The number of aryl methyl sites for hydroxylation is 2. The van der Waals surface area contributed by atoms with Crippen LogP contribution in [0, 0.1) is 19.7 Å². The van der Waals surface area contributed by atoms with Crippen LogP contribution in [0.5, 0.6) is 0 Å². The quantitative estimate of drug-likeness (QED) is 0.846. The summed E-state index contributed by atoms with van der Waals surface area (Å²) >= 11 is 1.62. The van der Waals surface area contributed by atoms with Gasteiger partial charge in [-0.2, -0.15) is 0 Å². The van der Waals surface area contributed by atoms with Crippen LogP contribution in [-0.4, -0.2) is 0 Å². The van der Waals surface area contributed by atoms with E-state index >= 15 is 0 Å². The predicted octanol–water partition coefficient (Wildman–Crippen LogP) is 3.55. The first-order chi connectivity index (χ1) is 7.59. The summed E-state index contributed by atoms with van der Waals surface area (Å²) in [6, 6.07) is 6.57. The molecule has 0 spiro atoms. The summed E-state index contributed by atoms with van der Waals surface area (Å²) in [5.74, 6) is -0.231. The van der Waals surface area contributed by atoms with E-state index in [0.29, 0.717) is 0 Å². The molecule has 0 aliphatic rings. The van der Waals surface area contributed by atoms with Gasteiger partial charge in [-0.1, -0.05) is 6.07 Å². The zero-order valence-electron chi connectivity index (χ0n) is 9.33. The minimum absolute atomic E-state index is 0.226. The van der Waals surface area contributed by atoms with Crippen LogP contribution in [0.4, 0.5) is 4.39 Å². The third kappa shape index (κ3) is 2.01. The van der Waals surface area contributed by atoms with Gasteiger partial charge in [0.25, 0.3) is 0 Å². The second-order valence-electron chi connectivity index (χ2n) is 3.95. The van der Waals surface area contributed by atoms with Gasteiger partial charge in [-0.05, 0) is 54.1 Å². The SMILES string of the molecule is Cc1ccc(F)cc1C(N)c1sccc1C. The summed E-state index contributed by atoms with van der Waals surface area (Å²) in [6.45, 7) is 3.98. The van der Waals surface area contributed by atoms with Gasteiger partial charge in [0.05, 0.1) is 6.04 Å². The predicted molar refractivity (Wildman–Crippen MR) is 66.2 cm³/mol. The third-order valence-electron chi connectivity index (χ3n) is 2.76. The molecule has 3 heteroatoms. The van der Waals surface area contributed by atoms with Crippen LogP contribution in [-0.2, 0) is 0 Å². The van der Waals surface area contributed by atoms with Crippen molar-refractivity contribution >= 4 is 11.3 Å². The van der Waals surface area contributed by atoms with E-state index in [4.69, 9.17) is 5.73 Å². The average molecular weight is 235 g/mol. The molecule has 1 aromatic carbocycles. The molecule has 0 saturated heterocycles. The number of hydrogen-bond donors (Lipinski definition) is 1. The van der Waals surface area contributed by atoms with E-state index in [9.17, 15) is 4.39 Å². The molecule has 0 saturated carbocycles. The van der Waals surface area contributed by atoms with Crippen LogP contribution >= 0.6 is 11.3 Å². The fourth-order valence-electron chi connectivity index (χ4n) is 1.79. The Morgan fingerprint density at radius 3 is 2.56 bits per heavy atom. The van der Waals surface area contributed by atoms with Crippen molar-refractivity contribution < 1.29 is 4.39 Å². The lowest BCUT2D eigenvalue weighted by Crippen LogP contribution is -2.13. The van der Waals surface area contributed by atoms with E-state index in [-0.39, 0.29) is 11.9 Å². The molecule has 1 nitrogen and oxygen atoms in total. The minimum Gasteiger partial charge on any atom is -0.320 e. The number of benzene rings is 1. The van der Waals surface area contributed by atoms with Gasteiger partial charge in [0.2, 0.25) is 0 Å². The molecule has 84 valence electrons. The third-order valence-corrected chi connectivity index (χ3v) is 3.86. The lowest BCUT2D eigenvalue weighted by Gasteiger charge is -2.14. The number of thiophene rings is 1. The minimum atomic E-state index is -0.231. The van der Waals surface area contributed by atoms with Gasteiger partial charge < -0.3 is 5.73 Å². The van der Waals surface area contributed by atoms with E-state index < -0.39 is 0 Å². The van der Waals surface area contributed by atoms with Gasteiger partial charge in [0, 0.05) is 4.88 Å². The van der Waals surface area contributed by atoms with Crippen molar-refractivity contribution in [2.75, 3.05) is 0 Å².